The summed E-state index contributed by atoms with van der Waals surface area (Å²) in [7, 11) is 2.42. The molecule has 0 aliphatic carbocycles. The molecule has 0 aliphatic heterocycles. The molecule has 1 atom stereocenters. The van der Waals surface area contributed by atoms with E-state index in [0.717, 1.165) is 11.0 Å². The first-order chi connectivity index (χ1) is 14.7. The van der Waals surface area contributed by atoms with Crippen molar-refractivity contribution in [3.05, 3.63) is 42.5 Å². The number of hydrogen-bond acceptors (Lipinski definition) is 0. The molecule has 0 saturated carbocycles. The average Bonchev–Trinajstić information content (AvgIpc) is 2.78. The van der Waals surface area contributed by atoms with E-state index in [1.807, 2.05) is 0 Å². The molecule has 1 heteroatoms. The highest BCUT2D eigenvalue weighted by Gasteiger charge is 2.24. The first kappa shape index (κ1) is 24.9. The fourth-order valence-corrected chi connectivity index (χ4v) is 4.78. The second-order valence-corrected chi connectivity index (χ2v) is 9.53. The fraction of sp³-hybridized carbons (Fsp3) is 0.655. The SMILES string of the molecule is CCCCCCCCCCCCCCCC[N+](C)(CC)c1cccc2ccccc12. The van der Waals surface area contributed by atoms with Crippen LogP contribution < -0.4 is 4.48 Å². The van der Waals surface area contributed by atoms with Crippen LogP contribution in [0.2, 0.25) is 0 Å². The second-order valence-electron chi connectivity index (χ2n) is 9.53. The molecule has 30 heavy (non-hydrogen) atoms. The van der Waals surface area contributed by atoms with E-state index >= 15 is 0 Å². The minimum absolute atomic E-state index is 1.06. The zero-order valence-corrected chi connectivity index (χ0v) is 20.3. The molecule has 1 unspecified atom stereocenters. The molecule has 0 amide bonds. The number of nitrogens with zero attached hydrogens (tertiary/aromatic N) is 1. The first-order valence-electron chi connectivity index (χ1n) is 13.0. The van der Waals surface area contributed by atoms with E-state index < -0.39 is 0 Å². The Balaban J connectivity index is 1.58. The van der Waals surface area contributed by atoms with Crippen molar-refractivity contribution in [2.45, 2.75) is 104 Å². The fourth-order valence-electron chi connectivity index (χ4n) is 4.78. The highest BCUT2D eigenvalue weighted by Crippen LogP contribution is 2.31. The Labute approximate surface area is 187 Å². The summed E-state index contributed by atoms with van der Waals surface area (Å²) in [6, 6.07) is 15.7. The highest BCUT2D eigenvalue weighted by molar-refractivity contribution is 5.93. The van der Waals surface area contributed by atoms with Gasteiger partial charge in [0, 0.05) is 5.39 Å². The van der Waals surface area contributed by atoms with Crippen molar-refractivity contribution in [1.29, 1.82) is 0 Å². The molecule has 2 aromatic carbocycles. The molecule has 168 valence electrons. The largest absolute Gasteiger partial charge is 0.293 e. The Kier molecular flexibility index (Phi) is 12.2. The minimum atomic E-state index is 1.06. The van der Waals surface area contributed by atoms with E-state index in [-0.39, 0.29) is 0 Å². The smallest absolute Gasteiger partial charge is 0.140 e. The maximum absolute atomic E-state index is 2.42. The van der Waals surface area contributed by atoms with Gasteiger partial charge in [0.2, 0.25) is 0 Å². The van der Waals surface area contributed by atoms with Crippen LogP contribution in [0.3, 0.4) is 0 Å². The number of rotatable bonds is 17. The van der Waals surface area contributed by atoms with E-state index in [0.29, 0.717) is 0 Å². The van der Waals surface area contributed by atoms with Crippen LogP contribution in [0.1, 0.15) is 104 Å². The van der Waals surface area contributed by atoms with Gasteiger partial charge in [-0.15, -0.1) is 0 Å². The molecule has 0 aliphatic rings. The Hall–Kier alpha value is -1.34. The lowest BCUT2D eigenvalue weighted by molar-refractivity contribution is 0.337. The van der Waals surface area contributed by atoms with E-state index in [4.69, 9.17) is 0 Å². The normalized spacial score (nSPS) is 13.6. The molecule has 0 N–H and O–H groups in total. The number of unbranched alkanes of at least 4 members (excludes halogenated alkanes) is 13. The van der Waals surface area contributed by atoms with Gasteiger partial charge in [0.25, 0.3) is 0 Å². The summed E-state index contributed by atoms with van der Waals surface area (Å²) in [4.78, 5) is 0. The van der Waals surface area contributed by atoms with Crippen LogP contribution in [0, 0.1) is 0 Å². The summed E-state index contributed by atoms with van der Waals surface area (Å²) < 4.78 is 1.06. The Morgan fingerprint density at radius 2 is 1.07 bits per heavy atom. The number of benzene rings is 2. The van der Waals surface area contributed by atoms with Gasteiger partial charge in [0.05, 0.1) is 20.1 Å². The van der Waals surface area contributed by atoms with Crippen molar-refractivity contribution in [3.8, 4) is 0 Å². The van der Waals surface area contributed by atoms with Gasteiger partial charge in [-0.25, -0.2) is 0 Å². The minimum Gasteiger partial charge on any atom is -0.293 e. The summed E-state index contributed by atoms with van der Waals surface area (Å²) in [5, 5.41) is 2.79. The van der Waals surface area contributed by atoms with E-state index in [1.165, 1.54) is 113 Å². The van der Waals surface area contributed by atoms with Crippen LogP contribution >= 0.6 is 0 Å². The predicted octanol–water partition coefficient (Wildman–Crippen LogP) is 9.28. The van der Waals surface area contributed by atoms with Crippen LogP contribution in [0.15, 0.2) is 42.5 Å². The monoisotopic (exact) mass is 410 g/mol. The number of hydrogen-bond donors (Lipinski definition) is 0. The third kappa shape index (κ3) is 8.42. The average molecular weight is 411 g/mol. The van der Waals surface area contributed by atoms with Gasteiger partial charge in [-0.2, -0.15) is 0 Å². The van der Waals surface area contributed by atoms with Gasteiger partial charge in [-0.1, -0.05) is 114 Å². The molecule has 0 aromatic heterocycles. The van der Waals surface area contributed by atoms with E-state index in [9.17, 15) is 0 Å². The molecule has 2 rings (SSSR count). The molecule has 0 radical (unpaired) electrons. The molecule has 2 aromatic rings. The molecule has 0 spiro atoms. The quantitative estimate of drug-likeness (QED) is 0.180. The molecule has 0 bridgehead atoms. The van der Waals surface area contributed by atoms with Crippen LogP contribution in [-0.2, 0) is 0 Å². The van der Waals surface area contributed by atoms with Crippen molar-refractivity contribution in [2.75, 3.05) is 20.1 Å². The van der Waals surface area contributed by atoms with Crippen molar-refractivity contribution in [3.63, 3.8) is 0 Å². The van der Waals surface area contributed by atoms with Crippen LogP contribution in [0.4, 0.5) is 5.69 Å². The third-order valence-corrected chi connectivity index (χ3v) is 7.05. The molecular formula is C29H48N+. The Morgan fingerprint density at radius 3 is 1.63 bits per heavy atom. The lowest BCUT2D eigenvalue weighted by Crippen LogP contribution is -2.45. The number of fused-ring (bicyclic) bond motifs is 1. The summed E-state index contributed by atoms with van der Waals surface area (Å²) in [6.07, 6.45) is 20.0. The standard InChI is InChI=1S/C29H48N/c1-4-6-7-8-9-10-11-12-13-14-15-16-17-20-26-30(3,5-2)29-25-21-23-27-22-18-19-24-28(27)29/h18-19,21-25H,4-17,20,26H2,1-3H3/q+1. The van der Waals surface area contributed by atoms with Crippen LogP contribution in [-0.4, -0.2) is 20.1 Å². The zero-order valence-electron chi connectivity index (χ0n) is 20.3. The zero-order chi connectivity index (χ0) is 21.5. The van der Waals surface area contributed by atoms with Crippen molar-refractivity contribution < 1.29 is 0 Å². The molecule has 1 nitrogen and oxygen atoms in total. The van der Waals surface area contributed by atoms with Crippen LogP contribution in [0.25, 0.3) is 10.8 Å². The van der Waals surface area contributed by atoms with Crippen molar-refractivity contribution in [1.82, 2.24) is 4.48 Å². The lowest BCUT2D eigenvalue weighted by atomic mass is 10.0. The second kappa shape index (κ2) is 14.6. The summed E-state index contributed by atoms with van der Waals surface area (Å²) in [6.45, 7) is 7.05. The van der Waals surface area contributed by atoms with E-state index in [1.54, 1.807) is 0 Å². The predicted molar refractivity (Wildman–Crippen MR) is 137 cm³/mol. The summed E-state index contributed by atoms with van der Waals surface area (Å²) in [5.41, 5.74) is 1.49. The summed E-state index contributed by atoms with van der Waals surface area (Å²) >= 11 is 0. The maximum atomic E-state index is 2.42. The van der Waals surface area contributed by atoms with Gasteiger partial charge < -0.3 is 0 Å². The highest BCUT2D eigenvalue weighted by atomic mass is 15.3. The maximum Gasteiger partial charge on any atom is 0.140 e. The molecule has 0 fully saturated rings. The van der Waals surface area contributed by atoms with Crippen molar-refractivity contribution in [2.24, 2.45) is 0 Å². The molecule has 0 saturated heterocycles. The number of quaternary nitrogens is 1. The summed E-state index contributed by atoms with van der Waals surface area (Å²) in [5.74, 6) is 0. The van der Waals surface area contributed by atoms with Gasteiger partial charge >= 0.3 is 0 Å². The van der Waals surface area contributed by atoms with Gasteiger partial charge in [-0.05, 0) is 37.3 Å². The van der Waals surface area contributed by atoms with E-state index in [2.05, 4.69) is 63.4 Å². The first-order valence-corrected chi connectivity index (χ1v) is 13.0. The Bertz CT molecular complexity index is 686. The lowest BCUT2D eigenvalue weighted by Gasteiger charge is -2.34. The van der Waals surface area contributed by atoms with Gasteiger partial charge in [0.1, 0.15) is 5.69 Å². The van der Waals surface area contributed by atoms with Gasteiger partial charge in [0.15, 0.2) is 0 Å². The van der Waals surface area contributed by atoms with Crippen LogP contribution in [0.5, 0.6) is 0 Å². The Morgan fingerprint density at radius 1 is 0.567 bits per heavy atom. The van der Waals surface area contributed by atoms with Gasteiger partial charge in [-0.3, -0.25) is 4.48 Å². The molecule has 0 heterocycles. The van der Waals surface area contributed by atoms with Crippen molar-refractivity contribution >= 4 is 16.5 Å². The third-order valence-electron chi connectivity index (χ3n) is 7.05. The molecular weight excluding hydrogens is 362 g/mol. The topological polar surface area (TPSA) is 0 Å².